The molecular weight excluding hydrogens is 818 g/mol. The molecular formula is C55H108NO7P. The minimum absolute atomic E-state index is 0.0289. The second-order valence-corrected chi connectivity index (χ2v) is 21.4. The van der Waals surface area contributed by atoms with Crippen molar-refractivity contribution in [2.24, 2.45) is 0 Å². The molecule has 64 heavy (non-hydrogen) atoms. The van der Waals surface area contributed by atoms with E-state index < -0.39 is 13.9 Å². The Hall–Kier alpha value is -1.02. The molecule has 0 fully saturated rings. The summed E-state index contributed by atoms with van der Waals surface area (Å²) >= 11 is 0. The van der Waals surface area contributed by atoms with Gasteiger partial charge in [-0.2, -0.15) is 0 Å². The fraction of sp³-hybridized carbons (Fsp3) is 0.909. The van der Waals surface area contributed by atoms with Crippen LogP contribution in [0.3, 0.4) is 0 Å². The third-order valence-corrected chi connectivity index (χ3v) is 13.2. The number of hydrogen-bond donors (Lipinski definition) is 0. The summed E-state index contributed by atoms with van der Waals surface area (Å²) in [5.74, 6) is -0.329. The standard InChI is InChI=1S/C55H108NO7P/c1-6-8-10-12-14-16-18-20-22-24-25-26-27-28-29-30-31-32-34-36-38-40-42-44-46-48-55(57)63-54(53-62-64(58,59)61-51-49-56(3,4)5)52-60-50-47-45-43-41-39-37-35-33-23-21-19-17-15-13-11-9-7-2/h18,20,24-25,54H,6-17,19,21-23,26-53H2,1-5H3/b20-18-,25-24-. The van der Waals surface area contributed by atoms with Gasteiger partial charge in [-0.25, -0.2) is 0 Å². The topological polar surface area (TPSA) is 94.1 Å². The molecule has 2 atom stereocenters. The van der Waals surface area contributed by atoms with Gasteiger partial charge in [0.05, 0.1) is 34.4 Å². The van der Waals surface area contributed by atoms with Crippen molar-refractivity contribution in [1.29, 1.82) is 0 Å². The molecule has 0 saturated carbocycles. The smallest absolute Gasteiger partial charge is 0.306 e. The van der Waals surface area contributed by atoms with Crippen molar-refractivity contribution < 1.29 is 37.3 Å². The van der Waals surface area contributed by atoms with Gasteiger partial charge in [0.25, 0.3) is 7.82 Å². The van der Waals surface area contributed by atoms with Crippen LogP contribution in [0, 0.1) is 0 Å². The highest BCUT2D eigenvalue weighted by molar-refractivity contribution is 7.45. The van der Waals surface area contributed by atoms with E-state index in [-0.39, 0.29) is 25.8 Å². The van der Waals surface area contributed by atoms with Crippen LogP contribution in [-0.4, -0.2) is 70.7 Å². The van der Waals surface area contributed by atoms with Gasteiger partial charge in [0.1, 0.15) is 19.3 Å². The first-order valence-corrected chi connectivity index (χ1v) is 29.0. The maximum atomic E-state index is 12.8. The number of phosphoric acid groups is 1. The Morgan fingerprint density at radius 2 is 0.859 bits per heavy atom. The molecule has 9 heteroatoms. The van der Waals surface area contributed by atoms with E-state index in [0.717, 1.165) is 38.5 Å². The van der Waals surface area contributed by atoms with E-state index in [0.29, 0.717) is 24.1 Å². The molecule has 0 amide bonds. The molecule has 0 aromatic rings. The molecule has 0 rings (SSSR count). The van der Waals surface area contributed by atoms with E-state index in [9.17, 15) is 14.3 Å². The minimum atomic E-state index is -4.53. The Balaban J connectivity index is 4.05. The number of likely N-dealkylation sites (N-methyl/N-ethyl adjacent to an activating group) is 1. The zero-order valence-electron chi connectivity index (χ0n) is 43.3. The largest absolute Gasteiger partial charge is 0.756 e. The fourth-order valence-electron chi connectivity index (χ4n) is 7.99. The lowest BCUT2D eigenvalue weighted by Crippen LogP contribution is -2.37. The van der Waals surface area contributed by atoms with Gasteiger partial charge in [-0.05, 0) is 44.9 Å². The van der Waals surface area contributed by atoms with E-state index in [2.05, 4.69) is 38.2 Å². The summed E-state index contributed by atoms with van der Waals surface area (Å²) in [6.45, 7) is 5.46. The highest BCUT2D eigenvalue weighted by Crippen LogP contribution is 2.38. The highest BCUT2D eigenvalue weighted by atomic mass is 31.2. The molecule has 0 saturated heterocycles. The molecule has 0 N–H and O–H groups in total. The fourth-order valence-corrected chi connectivity index (χ4v) is 8.72. The molecule has 8 nitrogen and oxygen atoms in total. The van der Waals surface area contributed by atoms with Gasteiger partial charge in [0.2, 0.25) is 0 Å². The number of rotatable bonds is 52. The van der Waals surface area contributed by atoms with Gasteiger partial charge in [0, 0.05) is 13.0 Å². The third kappa shape index (κ3) is 52.0. The Morgan fingerprint density at radius 3 is 1.27 bits per heavy atom. The average molecular weight is 926 g/mol. The number of quaternary nitrogens is 1. The van der Waals surface area contributed by atoms with Crippen LogP contribution in [-0.2, 0) is 27.9 Å². The molecule has 0 aliphatic heterocycles. The third-order valence-electron chi connectivity index (χ3n) is 12.3. The maximum absolute atomic E-state index is 12.8. The number of hydrogen-bond acceptors (Lipinski definition) is 7. The van der Waals surface area contributed by atoms with Gasteiger partial charge in [-0.3, -0.25) is 9.36 Å². The van der Waals surface area contributed by atoms with Crippen molar-refractivity contribution in [3.8, 4) is 0 Å². The van der Waals surface area contributed by atoms with Crippen LogP contribution < -0.4 is 4.89 Å². The van der Waals surface area contributed by atoms with Crippen LogP contribution in [0.1, 0.15) is 264 Å². The van der Waals surface area contributed by atoms with Gasteiger partial charge < -0.3 is 27.9 Å². The molecule has 0 spiro atoms. The number of unbranched alkanes of at least 4 members (excludes halogenated alkanes) is 34. The molecule has 0 aromatic heterocycles. The Labute approximate surface area is 398 Å². The van der Waals surface area contributed by atoms with E-state index >= 15 is 0 Å². The van der Waals surface area contributed by atoms with E-state index in [1.165, 1.54) is 205 Å². The lowest BCUT2D eigenvalue weighted by molar-refractivity contribution is -0.870. The number of carbonyl (C=O) groups is 1. The number of esters is 1. The van der Waals surface area contributed by atoms with Crippen LogP contribution in [0.4, 0.5) is 0 Å². The lowest BCUT2D eigenvalue weighted by Gasteiger charge is -2.28. The van der Waals surface area contributed by atoms with Crippen molar-refractivity contribution >= 4 is 13.8 Å². The van der Waals surface area contributed by atoms with Gasteiger partial charge in [-0.1, -0.05) is 237 Å². The quantitative estimate of drug-likeness (QED) is 0.0197. The molecule has 2 unspecified atom stereocenters. The molecule has 0 aliphatic rings. The van der Waals surface area contributed by atoms with Crippen LogP contribution in [0.25, 0.3) is 0 Å². The summed E-state index contributed by atoms with van der Waals surface area (Å²) in [5, 5.41) is 0. The van der Waals surface area contributed by atoms with Crippen LogP contribution in [0.5, 0.6) is 0 Å². The van der Waals surface area contributed by atoms with Gasteiger partial charge >= 0.3 is 5.97 Å². The second-order valence-electron chi connectivity index (χ2n) is 20.0. The zero-order valence-corrected chi connectivity index (χ0v) is 44.1. The molecule has 0 aliphatic carbocycles. The molecule has 0 heterocycles. The summed E-state index contributed by atoms with van der Waals surface area (Å²) in [7, 11) is 1.37. The van der Waals surface area contributed by atoms with Crippen molar-refractivity contribution in [3.63, 3.8) is 0 Å². The van der Waals surface area contributed by atoms with Crippen molar-refractivity contribution in [2.75, 3.05) is 54.1 Å². The average Bonchev–Trinajstić information content (AvgIpc) is 3.25. The SMILES string of the molecule is CCCCCCC/C=C\C/C=C\CCCCCCCCCCCCCCCC(=O)OC(COCCCCCCCCCCCCCCCCCCC)COP(=O)([O-])OCC[N+](C)(C)C. The number of carbonyl (C=O) groups excluding carboxylic acids is 1. The maximum Gasteiger partial charge on any atom is 0.306 e. The number of allylic oxidation sites excluding steroid dienone is 4. The first-order chi connectivity index (χ1) is 31.1. The van der Waals surface area contributed by atoms with Gasteiger partial charge in [0.15, 0.2) is 0 Å². The van der Waals surface area contributed by atoms with Crippen molar-refractivity contribution in [2.45, 2.75) is 270 Å². The monoisotopic (exact) mass is 926 g/mol. The highest BCUT2D eigenvalue weighted by Gasteiger charge is 2.20. The molecule has 0 bridgehead atoms. The number of nitrogens with zero attached hydrogens (tertiary/aromatic N) is 1. The predicted octanol–water partition coefficient (Wildman–Crippen LogP) is 16.5. The normalized spacial score (nSPS) is 13.7. The molecule has 0 aromatic carbocycles. The van der Waals surface area contributed by atoms with E-state index in [4.69, 9.17) is 18.5 Å². The Bertz CT molecular complexity index is 1080. The predicted molar refractivity (Wildman–Crippen MR) is 273 cm³/mol. The zero-order chi connectivity index (χ0) is 46.9. The van der Waals surface area contributed by atoms with Gasteiger partial charge in [-0.15, -0.1) is 0 Å². The van der Waals surface area contributed by atoms with Crippen LogP contribution in [0.15, 0.2) is 24.3 Å². The number of ether oxygens (including phenoxy) is 2. The minimum Gasteiger partial charge on any atom is -0.756 e. The summed E-state index contributed by atoms with van der Waals surface area (Å²) < 4.78 is 34.8. The van der Waals surface area contributed by atoms with Crippen LogP contribution >= 0.6 is 7.82 Å². The molecule has 380 valence electrons. The first kappa shape index (κ1) is 63.0. The lowest BCUT2D eigenvalue weighted by atomic mass is 10.0. The Morgan fingerprint density at radius 1 is 0.484 bits per heavy atom. The summed E-state index contributed by atoms with van der Waals surface area (Å²) in [4.78, 5) is 25.2. The summed E-state index contributed by atoms with van der Waals surface area (Å²) in [6.07, 6.45) is 57.8. The second kappa shape index (κ2) is 48.4. The first-order valence-electron chi connectivity index (χ1n) is 27.6. The van der Waals surface area contributed by atoms with E-state index in [1.54, 1.807) is 0 Å². The van der Waals surface area contributed by atoms with Crippen LogP contribution in [0.2, 0.25) is 0 Å². The van der Waals surface area contributed by atoms with Crippen molar-refractivity contribution in [3.05, 3.63) is 24.3 Å². The number of phosphoric ester groups is 1. The summed E-state index contributed by atoms with van der Waals surface area (Å²) in [6, 6.07) is 0. The Kier molecular flexibility index (Phi) is 47.7. The van der Waals surface area contributed by atoms with Crippen molar-refractivity contribution in [1.82, 2.24) is 0 Å². The van der Waals surface area contributed by atoms with E-state index in [1.807, 2.05) is 21.1 Å². The molecule has 0 radical (unpaired) electrons. The summed E-state index contributed by atoms with van der Waals surface area (Å²) in [5.41, 5.74) is 0.